The standard InChI is InChI=1S/C27H28FN5O3/c1-17-3-5-18(6-4-17)13-29-24(34)22-23-25(35)33(21-11-12-21)27(2,15-32(23)16-31-22)26(36)30-14-19-7-9-20(28)10-8-19/h3-10,16,21H,11-15H2,1-2H3,(H,29,34)(H,30,36)/t27-/m1/s1. The van der Waals surface area contributed by atoms with E-state index in [2.05, 4.69) is 15.6 Å². The Morgan fingerprint density at radius 3 is 2.28 bits per heavy atom. The number of fused-ring (bicyclic) bond motifs is 1. The number of carbonyl (C=O) groups is 3. The molecular formula is C27H28FN5O3. The first kappa shape index (κ1) is 23.7. The van der Waals surface area contributed by atoms with Gasteiger partial charge in [-0.25, -0.2) is 9.37 Å². The third kappa shape index (κ3) is 4.48. The number of benzene rings is 2. The van der Waals surface area contributed by atoms with Crippen molar-refractivity contribution in [2.45, 2.75) is 57.9 Å². The predicted molar refractivity (Wildman–Crippen MR) is 130 cm³/mol. The first-order valence-electron chi connectivity index (χ1n) is 12.0. The van der Waals surface area contributed by atoms with E-state index in [4.69, 9.17) is 0 Å². The minimum absolute atomic E-state index is 0.0616. The first-order valence-corrected chi connectivity index (χ1v) is 12.0. The van der Waals surface area contributed by atoms with Gasteiger partial charge in [-0.05, 0) is 49.9 Å². The minimum Gasteiger partial charge on any atom is -0.350 e. The second kappa shape index (κ2) is 9.22. The van der Waals surface area contributed by atoms with Crippen molar-refractivity contribution in [2.24, 2.45) is 0 Å². The van der Waals surface area contributed by atoms with Gasteiger partial charge in [0, 0.05) is 19.1 Å². The Morgan fingerprint density at radius 2 is 1.64 bits per heavy atom. The molecule has 186 valence electrons. The second-order valence-electron chi connectivity index (χ2n) is 9.73. The van der Waals surface area contributed by atoms with E-state index in [9.17, 15) is 18.8 Å². The molecule has 3 aromatic rings. The molecule has 0 radical (unpaired) electrons. The fourth-order valence-electron chi connectivity index (χ4n) is 4.67. The van der Waals surface area contributed by atoms with E-state index < -0.39 is 11.4 Å². The summed E-state index contributed by atoms with van der Waals surface area (Å²) >= 11 is 0. The van der Waals surface area contributed by atoms with Crippen LogP contribution in [-0.4, -0.2) is 43.8 Å². The van der Waals surface area contributed by atoms with Gasteiger partial charge in [0.1, 0.15) is 17.1 Å². The summed E-state index contributed by atoms with van der Waals surface area (Å²) in [6.45, 7) is 4.44. The predicted octanol–water partition coefficient (Wildman–Crippen LogP) is 2.95. The molecule has 8 nitrogen and oxygen atoms in total. The highest BCUT2D eigenvalue weighted by Crippen LogP contribution is 2.38. The maximum absolute atomic E-state index is 13.7. The molecule has 1 aliphatic heterocycles. The summed E-state index contributed by atoms with van der Waals surface area (Å²) in [5.41, 5.74) is 1.94. The largest absolute Gasteiger partial charge is 0.350 e. The molecule has 5 rings (SSSR count). The van der Waals surface area contributed by atoms with E-state index >= 15 is 0 Å². The van der Waals surface area contributed by atoms with E-state index in [1.165, 1.54) is 18.5 Å². The highest BCUT2D eigenvalue weighted by Gasteiger charge is 2.53. The van der Waals surface area contributed by atoms with Gasteiger partial charge in [-0.3, -0.25) is 14.4 Å². The number of nitrogens with zero attached hydrogens (tertiary/aromatic N) is 3. The van der Waals surface area contributed by atoms with Gasteiger partial charge in [0.25, 0.3) is 11.8 Å². The molecule has 1 aliphatic carbocycles. The third-order valence-corrected chi connectivity index (χ3v) is 6.83. The van der Waals surface area contributed by atoms with Crippen LogP contribution in [0.1, 0.15) is 57.4 Å². The average molecular weight is 490 g/mol. The first-order chi connectivity index (χ1) is 17.3. The fourth-order valence-corrected chi connectivity index (χ4v) is 4.67. The molecule has 1 saturated carbocycles. The zero-order chi connectivity index (χ0) is 25.4. The van der Waals surface area contributed by atoms with Crippen LogP contribution in [0.25, 0.3) is 0 Å². The molecule has 0 unspecified atom stereocenters. The number of aromatic nitrogens is 2. The van der Waals surface area contributed by atoms with E-state index in [0.717, 1.165) is 29.5 Å². The summed E-state index contributed by atoms with van der Waals surface area (Å²) in [6, 6.07) is 13.7. The van der Waals surface area contributed by atoms with Crippen LogP contribution in [0, 0.1) is 12.7 Å². The number of carbonyl (C=O) groups excluding carboxylic acids is 3. The second-order valence-corrected chi connectivity index (χ2v) is 9.73. The van der Waals surface area contributed by atoms with Crippen molar-refractivity contribution in [3.8, 4) is 0 Å². The van der Waals surface area contributed by atoms with Gasteiger partial charge in [-0.15, -0.1) is 0 Å². The maximum atomic E-state index is 13.7. The van der Waals surface area contributed by atoms with E-state index in [0.29, 0.717) is 6.54 Å². The molecule has 0 saturated heterocycles. The van der Waals surface area contributed by atoms with E-state index in [-0.39, 0.29) is 48.2 Å². The third-order valence-electron chi connectivity index (χ3n) is 6.83. The van der Waals surface area contributed by atoms with Crippen molar-refractivity contribution in [1.82, 2.24) is 25.1 Å². The molecule has 2 aliphatic rings. The number of nitrogens with one attached hydrogen (secondary N) is 2. The Labute approximate surface area is 208 Å². The highest BCUT2D eigenvalue weighted by molar-refractivity contribution is 6.07. The molecule has 1 fully saturated rings. The van der Waals surface area contributed by atoms with Crippen LogP contribution in [0.15, 0.2) is 54.9 Å². The van der Waals surface area contributed by atoms with Crippen LogP contribution < -0.4 is 10.6 Å². The zero-order valence-corrected chi connectivity index (χ0v) is 20.3. The number of hydrogen-bond acceptors (Lipinski definition) is 4. The highest BCUT2D eigenvalue weighted by atomic mass is 19.1. The smallest absolute Gasteiger partial charge is 0.274 e. The monoisotopic (exact) mass is 489 g/mol. The average Bonchev–Trinajstić information content (AvgIpc) is 3.60. The van der Waals surface area contributed by atoms with Crippen molar-refractivity contribution in [2.75, 3.05) is 0 Å². The number of imidazole rings is 1. The number of rotatable bonds is 7. The lowest BCUT2D eigenvalue weighted by molar-refractivity contribution is -0.133. The fraction of sp³-hybridized carbons (Fsp3) is 0.333. The van der Waals surface area contributed by atoms with Crippen molar-refractivity contribution in [1.29, 1.82) is 0 Å². The van der Waals surface area contributed by atoms with E-state index in [1.807, 2.05) is 31.2 Å². The van der Waals surface area contributed by atoms with Gasteiger partial charge in [0.2, 0.25) is 5.91 Å². The number of amides is 3. The van der Waals surface area contributed by atoms with Crippen LogP contribution in [0.5, 0.6) is 0 Å². The molecule has 36 heavy (non-hydrogen) atoms. The molecule has 0 bridgehead atoms. The molecule has 2 heterocycles. The topological polar surface area (TPSA) is 96.3 Å². The van der Waals surface area contributed by atoms with Crippen molar-refractivity contribution < 1.29 is 18.8 Å². The van der Waals surface area contributed by atoms with Crippen LogP contribution in [0.4, 0.5) is 4.39 Å². The SMILES string of the molecule is Cc1ccc(CNC(=O)c2ncn3c2C(=O)N(C2CC2)[C@@](C)(C(=O)NCc2ccc(F)cc2)C3)cc1. The lowest BCUT2D eigenvalue weighted by atomic mass is 9.93. The maximum Gasteiger partial charge on any atom is 0.274 e. The molecule has 9 heteroatoms. The van der Waals surface area contributed by atoms with Gasteiger partial charge >= 0.3 is 0 Å². The zero-order valence-electron chi connectivity index (χ0n) is 20.3. The summed E-state index contributed by atoms with van der Waals surface area (Å²) in [5.74, 6) is -1.46. The van der Waals surface area contributed by atoms with Crippen LogP contribution in [0.2, 0.25) is 0 Å². The quantitative estimate of drug-likeness (QED) is 0.533. The van der Waals surface area contributed by atoms with Gasteiger partial charge in [0.15, 0.2) is 5.69 Å². The van der Waals surface area contributed by atoms with E-state index in [1.54, 1.807) is 28.5 Å². The normalized spacial score (nSPS) is 19.1. The Balaban J connectivity index is 1.35. The number of halogens is 1. The van der Waals surface area contributed by atoms with Crippen molar-refractivity contribution in [3.63, 3.8) is 0 Å². The molecular weight excluding hydrogens is 461 g/mol. The van der Waals surface area contributed by atoms with Gasteiger partial charge in [0.05, 0.1) is 12.9 Å². The minimum atomic E-state index is -1.15. The number of aryl methyl sites for hydroxylation is 1. The number of hydrogen-bond donors (Lipinski definition) is 2. The summed E-state index contributed by atoms with van der Waals surface area (Å²) < 4.78 is 14.8. The van der Waals surface area contributed by atoms with Gasteiger partial charge in [-0.2, -0.15) is 0 Å². The Morgan fingerprint density at radius 1 is 1.03 bits per heavy atom. The van der Waals surface area contributed by atoms with Crippen molar-refractivity contribution >= 4 is 17.7 Å². The van der Waals surface area contributed by atoms with Crippen LogP contribution in [0.3, 0.4) is 0 Å². The summed E-state index contributed by atoms with van der Waals surface area (Å²) in [7, 11) is 0. The Bertz CT molecular complexity index is 1310. The Hall–Kier alpha value is -4.01. The molecule has 2 N–H and O–H groups in total. The molecule has 0 spiro atoms. The Kier molecular flexibility index (Phi) is 6.07. The summed E-state index contributed by atoms with van der Waals surface area (Å²) in [4.78, 5) is 45.9. The molecule has 1 atom stereocenters. The summed E-state index contributed by atoms with van der Waals surface area (Å²) in [5, 5.41) is 5.74. The van der Waals surface area contributed by atoms with Crippen LogP contribution >= 0.6 is 0 Å². The lowest BCUT2D eigenvalue weighted by Gasteiger charge is -2.44. The van der Waals surface area contributed by atoms with Gasteiger partial charge in [-0.1, -0.05) is 42.0 Å². The van der Waals surface area contributed by atoms with Crippen LogP contribution in [-0.2, 0) is 24.4 Å². The summed E-state index contributed by atoms with van der Waals surface area (Å²) in [6.07, 6.45) is 3.05. The molecule has 2 aromatic carbocycles. The molecule has 1 aromatic heterocycles. The van der Waals surface area contributed by atoms with Gasteiger partial charge < -0.3 is 20.1 Å². The lowest BCUT2D eigenvalue weighted by Crippen LogP contribution is -2.64. The molecule has 3 amide bonds. The van der Waals surface area contributed by atoms with Crippen molar-refractivity contribution in [3.05, 3.63) is 88.8 Å².